The number of rotatable bonds is 7. The lowest BCUT2D eigenvalue weighted by atomic mass is 9.77. The molecule has 7 heteroatoms. The normalized spacial score (nSPS) is 15.7. The second-order valence-corrected chi connectivity index (χ2v) is 5.24. The quantitative estimate of drug-likeness (QED) is 0.787. The molecule has 1 aliphatic carbocycles. The lowest BCUT2D eigenvalue weighted by molar-refractivity contribution is 0.0720. The topological polar surface area (TPSA) is 83.4 Å². The van der Waals surface area contributed by atoms with E-state index in [1.54, 1.807) is 0 Å². The van der Waals surface area contributed by atoms with Crippen LogP contribution in [0.5, 0.6) is 5.75 Å². The Bertz CT molecular complexity index is 572. The molecule has 1 fully saturated rings. The summed E-state index contributed by atoms with van der Waals surface area (Å²) in [7, 11) is 0. The van der Waals surface area contributed by atoms with E-state index in [0.717, 1.165) is 25.0 Å². The molecule has 0 bridgehead atoms. The fourth-order valence-corrected chi connectivity index (χ4v) is 2.19. The fraction of sp³-hybridized carbons (Fsp3) is 0.467. The number of para-hydroxylation sites is 1. The summed E-state index contributed by atoms with van der Waals surface area (Å²) in [5, 5.41) is 3.93. The monoisotopic (exact) mass is 325 g/mol. The van der Waals surface area contributed by atoms with E-state index in [2.05, 4.69) is 10.1 Å². The highest BCUT2D eigenvalue weighted by atomic mass is 35.5. The van der Waals surface area contributed by atoms with Crippen LogP contribution in [0.1, 0.15) is 31.0 Å². The first-order chi connectivity index (χ1) is 10.3. The van der Waals surface area contributed by atoms with E-state index in [1.807, 2.05) is 30.3 Å². The van der Waals surface area contributed by atoms with Gasteiger partial charge in [0.05, 0.1) is 12.1 Å². The molecule has 1 aromatic heterocycles. The minimum absolute atomic E-state index is 0. The van der Waals surface area contributed by atoms with Gasteiger partial charge in [0, 0.05) is 0 Å². The van der Waals surface area contributed by atoms with Crippen molar-refractivity contribution in [1.29, 1.82) is 0 Å². The Balaban J connectivity index is 0.00000176. The first-order valence-electron chi connectivity index (χ1n) is 7.14. The molecule has 120 valence electrons. The SMILES string of the molecule is Cl.NC1(c2noc(COCCOc3ccccc3)n2)CCC1. The third kappa shape index (κ3) is 3.97. The van der Waals surface area contributed by atoms with Crippen LogP contribution in [0.3, 0.4) is 0 Å². The van der Waals surface area contributed by atoms with Crippen LogP contribution in [0.4, 0.5) is 0 Å². The highest BCUT2D eigenvalue weighted by molar-refractivity contribution is 5.85. The average Bonchev–Trinajstić information content (AvgIpc) is 2.95. The summed E-state index contributed by atoms with van der Waals surface area (Å²) >= 11 is 0. The van der Waals surface area contributed by atoms with Gasteiger partial charge in [-0.15, -0.1) is 12.4 Å². The first kappa shape index (κ1) is 16.7. The highest BCUT2D eigenvalue weighted by Gasteiger charge is 2.38. The van der Waals surface area contributed by atoms with Crippen molar-refractivity contribution in [2.45, 2.75) is 31.4 Å². The van der Waals surface area contributed by atoms with E-state index in [1.165, 1.54) is 0 Å². The van der Waals surface area contributed by atoms with Crippen LogP contribution >= 0.6 is 12.4 Å². The summed E-state index contributed by atoms with van der Waals surface area (Å²) in [6.07, 6.45) is 2.95. The first-order valence-corrected chi connectivity index (χ1v) is 7.14. The van der Waals surface area contributed by atoms with Crippen LogP contribution in [-0.2, 0) is 16.9 Å². The summed E-state index contributed by atoms with van der Waals surface area (Å²) in [5.74, 6) is 1.88. The molecule has 22 heavy (non-hydrogen) atoms. The van der Waals surface area contributed by atoms with Gasteiger partial charge in [0.25, 0.3) is 5.89 Å². The summed E-state index contributed by atoms with van der Waals surface area (Å²) in [4.78, 5) is 4.29. The van der Waals surface area contributed by atoms with Crippen LogP contribution in [0.25, 0.3) is 0 Å². The van der Waals surface area contributed by atoms with Crippen molar-refractivity contribution in [3.63, 3.8) is 0 Å². The molecule has 0 spiro atoms. The Morgan fingerprint density at radius 1 is 1.18 bits per heavy atom. The van der Waals surface area contributed by atoms with Crippen molar-refractivity contribution in [2.75, 3.05) is 13.2 Å². The van der Waals surface area contributed by atoms with Gasteiger partial charge in [0.15, 0.2) is 5.82 Å². The van der Waals surface area contributed by atoms with Crippen LogP contribution < -0.4 is 10.5 Å². The molecule has 0 atom stereocenters. The van der Waals surface area contributed by atoms with E-state index in [0.29, 0.717) is 24.9 Å². The molecular weight excluding hydrogens is 306 g/mol. The third-order valence-corrected chi connectivity index (χ3v) is 3.62. The average molecular weight is 326 g/mol. The van der Waals surface area contributed by atoms with Crippen LogP contribution in [0, 0.1) is 0 Å². The summed E-state index contributed by atoms with van der Waals surface area (Å²) in [5.41, 5.74) is 5.74. The molecule has 2 N–H and O–H groups in total. The summed E-state index contributed by atoms with van der Waals surface area (Å²) in [6, 6.07) is 9.62. The van der Waals surface area contributed by atoms with Gasteiger partial charge in [0.1, 0.15) is 19.0 Å². The molecule has 3 rings (SSSR count). The van der Waals surface area contributed by atoms with Gasteiger partial charge in [-0.3, -0.25) is 0 Å². The number of aromatic nitrogens is 2. The van der Waals surface area contributed by atoms with Crippen molar-refractivity contribution < 1.29 is 14.0 Å². The van der Waals surface area contributed by atoms with Crippen LogP contribution in [0.15, 0.2) is 34.9 Å². The van der Waals surface area contributed by atoms with Crippen molar-refractivity contribution >= 4 is 12.4 Å². The second kappa shape index (κ2) is 7.58. The zero-order valence-corrected chi connectivity index (χ0v) is 13.1. The Morgan fingerprint density at radius 3 is 2.64 bits per heavy atom. The number of hydrogen-bond donors (Lipinski definition) is 1. The van der Waals surface area contributed by atoms with E-state index in [9.17, 15) is 0 Å². The van der Waals surface area contributed by atoms with E-state index in [4.69, 9.17) is 19.7 Å². The van der Waals surface area contributed by atoms with Gasteiger partial charge in [-0.2, -0.15) is 4.98 Å². The van der Waals surface area contributed by atoms with E-state index >= 15 is 0 Å². The van der Waals surface area contributed by atoms with Crippen LogP contribution in [0.2, 0.25) is 0 Å². The van der Waals surface area contributed by atoms with Crippen molar-refractivity contribution in [1.82, 2.24) is 10.1 Å². The maximum Gasteiger partial charge on any atom is 0.252 e. The molecule has 1 aliphatic rings. The minimum atomic E-state index is -0.391. The van der Waals surface area contributed by atoms with Gasteiger partial charge >= 0.3 is 0 Å². The molecule has 0 amide bonds. The largest absolute Gasteiger partial charge is 0.491 e. The Kier molecular flexibility index (Phi) is 5.76. The summed E-state index contributed by atoms with van der Waals surface area (Å²) < 4.78 is 16.1. The van der Waals surface area contributed by atoms with E-state index < -0.39 is 5.54 Å². The van der Waals surface area contributed by atoms with Gasteiger partial charge in [0.2, 0.25) is 0 Å². The number of halogens is 1. The molecule has 0 saturated heterocycles. The Labute approximate surface area is 135 Å². The maximum atomic E-state index is 6.13. The third-order valence-electron chi connectivity index (χ3n) is 3.62. The van der Waals surface area contributed by atoms with Crippen molar-refractivity contribution in [2.24, 2.45) is 5.73 Å². The standard InChI is InChI=1S/C15H19N3O3.ClH/c16-15(7-4-8-15)14-17-13(21-18-14)11-19-9-10-20-12-5-2-1-3-6-12;/h1-3,5-6H,4,7-11,16H2;1H. The number of hydrogen-bond acceptors (Lipinski definition) is 6. The zero-order valence-electron chi connectivity index (χ0n) is 12.2. The fourth-order valence-electron chi connectivity index (χ4n) is 2.19. The number of benzene rings is 1. The van der Waals surface area contributed by atoms with Gasteiger partial charge in [-0.1, -0.05) is 23.4 Å². The Hall–Kier alpha value is -1.63. The molecule has 1 saturated carbocycles. The number of nitrogens with zero attached hydrogens (tertiary/aromatic N) is 2. The predicted molar refractivity (Wildman–Crippen MR) is 82.9 cm³/mol. The molecule has 0 unspecified atom stereocenters. The number of nitrogens with two attached hydrogens (primary N) is 1. The highest BCUT2D eigenvalue weighted by Crippen LogP contribution is 2.36. The Morgan fingerprint density at radius 2 is 1.95 bits per heavy atom. The summed E-state index contributed by atoms with van der Waals surface area (Å²) in [6.45, 7) is 1.22. The minimum Gasteiger partial charge on any atom is -0.491 e. The maximum absolute atomic E-state index is 6.13. The zero-order chi connectivity index (χ0) is 14.5. The lowest BCUT2D eigenvalue weighted by Gasteiger charge is -2.34. The smallest absolute Gasteiger partial charge is 0.252 e. The predicted octanol–water partition coefficient (Wildman–Crippen LogP) is 2.42. The van der Waals surface area contributed by atoms with Crippen LogP contribution in [-0.4, -0.2) is 23.4 Å². The van der Waals surface area contributed by atoms with Crippen molar-refractivity contribution in [3.8, 4) is 5.75 Å². The number of ether oxygens (including phenoxy) is 2. The molecule has 6 nitrogen and oxygen atoms in total. The molecule has 0 radical (unpaired) electrons. The van der Waals surface area contributed by atoms with E-state index in [-0.39, 0.29) is 19.0 Å². The molecule has 2 aromatic rings. The van der Waals surface area contributed by atoms with Gasteiger partial charge in [-0.25, -0.2) is 0 Å². The lowest BCUT2D eigenvalue weighted by Crippen LogP contribution is -2.44. The van der Waals surface area contributed by atoms with Gasteiger partial charge in [-0.05, 0) is 31.4 Å². The van der Waals surface area contributed by atoms with Crippen molar-refractivity contribution in [3.05, 3.63) is 42.0 Å². The molecular formula is C15H20ClN3O3. The van der Waals surface area contributed by atoms with Gasteiger partial charge < -0.3 is 19.7 Å². The molecule has 0 aliphatic heterocycles. The molecule has 1 heterocycles. The molecule has 1 aromatic carbocycles. The second-order valence-electron chi connectivity index (χ2n) is 5.24.